The molecule has 76 valence electrons. The van der Waals surface area contributed by atoms with Crippen molar-refractivity contribution in [3.05, 3.63) is 24.5 Å². The Morgan fingerprint density at radius 2 is 1.93 bits per heavy atom. The second-order valence-corrected chi connectivity index (χ2v) is 4.43. The molecular weight excluding hydrogens is 212 g/mol. The smallest absolute Gasteiger partial charge is 0.141 e. The van der Waals surface area contributed by atoms with Crippen LogP contribution in [-0.2, 0) is 0 Å². The second kappa shape index (κ2) is 5.98. The van der Waals surface area contributed by atoms with Crippen LogP contribution < -0.4 is 0 Å². The molecule has 0 radical (unpaired) electrons. The van der Waals surface area contributed by atoms with Crippen LogP contribution >= 0.6 is 24.0 Å². The Balaban J connectivity index is 2.57. The molecule has 0 N–H and O–H groups in total. The number of hydrogen-bond donors (Lipinski definition) is 0. The summed E-state index contributed by atoms with van der Waals surface area (Å²) in [4.78, 5) is 7.28. The van der Waals surface area contributed by atoms with E-state index in [-0.39, 0.29) is 0 Å². The summed E-state index contributed by atoms with van der Waals surface area (Å²) in [5.74, 6) is 0. The molecule has 4 heteroatoms. The summed E-state index contributed by atoms with van der Waals surface area (Å²) < 4.78 is 0.932. The van der Waals surface area contributed by atoms with Gasteiger partial charge in [-0.1, -0.05) is 24.0 Å². The molecule has 0 amide bonds. The summed E-state index contributed by atoms with van der Waals surface area (Å²) >= 11 is 6.94. The van der Waals surface area contributed by atoms with E-state index in [1.807, 2.05) is 12.1 Å². The molecule has 0 saturated heterocycles. The van der Waals surface area contributed by atoms with Gasteiger partial charge in [-0.05, 0) is 26.0 Å². The van der Waals surface area contributed by atoms with Crippen molar-refractivity contribution >= 4 is 28.3 Å². The van der Waals surface area contributed by atoms with E-state index in [9.17, 15) is 0 Å². The summed E-state index contributed by atoms with van der Waals surface area (Å²) in [5, 5.41) is 0. The van der Waals surface area contributed by atoms with E-state index in [4.69, 9.17) is 12.2 Å². The molecule has 0 aromatic carbocycles. The Labute approximate surface area is 94.7 Å². The summed E-state index contributed by atoms with van der Waals surface area (Å²) in [5.41, 5.74) is 0. The van der Waals surface area contributed by atoms with Crippen molar-refractivity contribution in [3.63, 3.8) is 0 Å². The van der Waals surface area contributed by atoms with Crippen LogP contribution in [0.15, 0.2) is 29.4 Å². The minimum atomic E-state index is 0.932. The lowest BCUT2D eigenvalue weighted by Gasteiger charge is -2.20. The maximum absolute atomic E-state index is 5.32. The highest BCUT2D eigenvalue weighted by molar-refractivity contribution is 8.22. The molecule has 0 fully saturated rings. The average molecular weight is 226 g/mol. The molecule has 0 aliphatic rings. The zero-order valence-electron chi connectivity index (χ0n) is 8.43. The largest absolute Gasteiger partial charge is 0.358 e. The predicted molar refractivity (Wildman–Crippen MR) is 65.6 cm³/mol. The first-order valence-electron chi connectivity index (χ1n) is 4.64. The van der Waals surface area contributed by atoms with Crippen LogP contribution in [0.5, 0.6) is 0 Å². The Morgan fingerprint density at radius 3 is 2.43 bits per heavy atom. The lowest BCUT2D eigenvalue weighted by Crippen LogP contribution is -2.26. The number of pyridine rings is 1. The number of thioether (sulfide) groups is 1. The first-order valence-corrected chi connectivity index (χ1v) is 5.87. The van der Waals surface area contributed by atoms with Gasteiger partial charge in [-0.25, -0.2) is 0 Å². The molecule has 0 atom stereocenters. The molecule has 0 aliphatic carbocycles. The van der Waals surface area contributed by atoms with E-state index < -0.39 is 0 Å². The Hall–Kier alpha value is -0.610. The molecule has 14 heavy (non-hydrogen) atoms. The van der Waals surface area contributed by atoms with Gasteiger partial charge in [0.1, 0.15) is 4.32 Å². The van der Waals surface area contributed by atoms with Gasteiger partial charge in [0, 0.05) is 30.4 Å². The molecule has 0 aliphatic heterocycles. The Bertz CT molecular complexity index is 283. The molecule has 0 saturated carbocycles. The van der Waals surface area contributed by atoms with E-state index in [1.54, 1.807) is 24.2 Å². The molecule has 0 unspecified atom stereocenters. The summed E-state index contributed by atoms with van der Waals surface area (Å²) in [6.45, 7) is 6.16. The number of rotatable bonds is 3. The summed E-state index contributed by atoms with van der Waals surface area (Å²) in [6, 6.07) is 3.95. The fourth-order valence-electron chi connectivity index (χ4n) is 1.05. The molecule has 0 bridgehead atoms. The Kier molecular flexibility index (Phi) is 4.90. The molecule has 0 spiro atoms. The van der Waals surface area contributed by atoms with Crippen molar-refractivity contribution in [1.29, 1.82) is 0 Å². The monoisotopic (exact) mass is 226 g/mol. The zero-order valence-corrected chi connectivity index (χ0v) is 10.1. The van der Waals surface area contributed by atoms with E-state index in [0.29, 0.717) is 0 Å². The van der Waals surface area contributed by atoms with Gasteiger partial charge >= 0.3 is 0 Å². The molecule has 1 heterocycles. The Morgan fingerprint density at radius 1 is 1.36 bits per heavy atom. The second-order valence-electron chi connectivity index (χ2n) is 2.72. The van der Waals surface area contributed by atoms with Crippen molar-refractivity contribution in [3.8, 4) is 0 Å². The fraction of sp³-hybridized carbons (Fsp3) is 0.400. The third-order valence-corrected chi connectivity index (χ3v) is 3.33. The van der Waals surface area contributed by atoms with Gasteiger partial charge in [-0.15, -0.1) is 0 Å². The molecule has 1 aromatic heterocycles. The maximum Gasteiger partial charge on any atom is 0.141 e. The normalized spacial score (nSPS) is 9.86. The standard InChI is InChI=1S/C10H14N2S2/c1-3-12(4-2)10(13)14-9-5-7-11-8-6-9/h5-8H,3-4H2,1-2H3. The SMILES string of the molecule is CCN(CC)C(=S)Sc1ccncc1. The third-order valence-electron chi connectivity index (χ3n) is 1.88. The van der Waals surface area contributed by atoms with Crippen LogP contribution in [0.4, 0.5) is 0 Å². The summed E-state index contributed by atoms with van der Waals surface area (Å²) in [6.07, 6.45) is 3.57. The van der Waals surface area contributed by atoms with Crippen LogP contribution in [0.25, 0.3) is 0 Å². The van der Waals surface area contributed by atoms with Crippen molar-refractivity contribution < 1.29 is 0 Å². The van der Waals surface area contributed by atoms with Gasteiger partial charge in [0.15, 0.2) is 0 Å². The van der Waals surface area contributed by atoms with E-state index >= 15 is 0 Å². The van der Waals surface area contributed by atoms with Gasteiger partial charge in [0.05, 0.1) is 0 Å². The minimum absolute atomic E-state index is 0.932. The van der Waals surface area contributed by atoms with Crippen LogP contribution in [0.2, 0.25) is 0 Å². The molecule has 1 aromatic rings. The number of thiocarbonyl (C=S) groups is 1. The van der Waals surface area contributed by atoms with Crippen LogP contribution in [0.1, 0.15) is 13.8 Å². The van der Waals surface area contributed by atoms with Gasteiger partial charge in [0.25, 0.3) is 0 Å². The maximum atomic E-state index is 5.32. The average Bonchev–Trinajstić information content (AvgIpc) is 2.21. The number of hydrogen-bond acceptors (Lipinski definition) is 3. The van der Waals surface area contributed by atoms with Gasteiger partial charge < -0.3 is 4.90 Å². The highest BCUT2D eigenvalue weighted by Crippen LogP contribution is 2.20. The number of aromatic nitrogens is 1. The first-order chi connectivity index (χ1) is 6.77. The first kappa shape index (κ1) is 11.5. The van der Waals surface area contributed by atoms with Gasteiger partial charge in [0.2, 0.25) is 0 Å². The van der Waals surface area contributed by atoms with Crippen molar-refractivity contribution in [2.24, 2.45) is 0 Å². The molecule has 2 nitrogen and oxygen atoms in total. The highest BCUT2D eigenvalue weighted by Gasteiger charge is 2.06. The van der Waals surface area contributed by atoms with E-state index in [0.717, 1.165) is 22.3 Å². The zero-order chi connectivity index (χ0) is 10.4. The third kappa shape index (κ3) is 3.27. The summed E-state index contributed by atoms with van der Waals surface area (Å²) in [7, 11) is 0. The number of nitrogens with zero attached hydrogens (tertiary/aromatic N) is 2. The van der Waals surface area contributed by atoms with Crippen LogP contribution in [-0.4, -0.2) is 27.3 Å². The van der Waals surface area contributed by atoms with E-state index in [2.05, 4.69) is 23.7 Å². The lowest BCUT2D eigenvalue weighted by molar-refractivity contribution is 0.482. The quantitative estimate of drug-likeness (QED) is 0.581. The predicted octanol–water partition coefficient (Wildman–Crippen LogP) is 2.80. The highest BCUT2D eigenvalue weighted by atomic mass is 32.2. The molecular formula is C10H14N2S2. The van der Waals surface area contributed by atoms with Gasteiger partial charge in [-0.2, -0.15) is 0 Å². The fourth-order valence-corrected chi connectivity index (χ4v) is 2.45. The lowest BCUT2D eigenvalue weighted by atomic mass is 10.5. The van der Waals surface area contributed by atoms with Crippen LogP contribution in [0, 0.1) is 0 Å². The molecule has 1 rings (SSSR count). The van der Waals surface area contributed by atoms with Crippen molar-refractivity contribution in [2.75, 3.05) is 13.1 Å². The van der Waals surface area contributed by atoms with Crippen molar-refractivity contribution in [1.82, 2.24) is 9.88 Å². The van der Waals surface area contributed by atoms with Crippen LogP contribution in [0.3, 0.4) is 0 Å². The van der Waals surface area contributed by atoms with Gasteiger partial charge in [-0.3, -0.25) is 4.98 Å². The van der Waals surface area contributed by atoms with Crippen molar-refractivity contribution in [2.45, 2.75) is 18.7 Å². The minimum Gasteiger partial charge on any atom is -0.358 e. The topological polar surface area (TPSA) is 16.1 Å². The van der Waals surface area contributed by atoms with E-state index in [1.165, 1.54) is 0 Å².